The smallest absolute Gasteiger partial charge is 0.251 e. The van der Waals surface area contributed by atoms with Gasteiger partial charge in [0.15, 0.2) is 0 Å². The lowest BCUT2D eigenvalue weighted by atomic mass is 9.98. The van der Waals surface area contributed by atoms with E-state index in [-0.39, 0.29) is 6.54 Å². The average Bonchev–Trinajstić information content (AvgIpc) is 2.41. The van der Waals surface area contributed by atoms with Crippen LogP contribution in [0.4, 0.5) is 8.78 Å². The van der Waals surface area contributed by atoms with E-state index in [1.165, 1.54) is 23.1 Å². The lowest BCUT2D eigenvalue weighted by Crippen LogP contribution is -2.34. The zero-order valence-corrected chi connectivity index (χ0v) is 13.5. The monoisotopic (exact) mass is 285 g/mol. The van der Waals surface area contributed by atoms with Gasteiger partial charge in [-0.25, -0.2) is 8.78 Å². The Bertz CT molecular complexity index is 364. The lowest BCUT2D eigenvalue weighted by molar-refractivity contribution is 0.0820. The number of hydrogen-bond donors (Lipinski definition) is 0. The zero-order chi connectivity index (χ0) is 15.5. The fourth-order valence-corrected chi connectivity index (χ4v) is 2.09. The first kappa shape index (κ1) is 19.0. The van der Waals surface area contributed by atoms with Crippen LogP contribution in [0.3, 0.4) is 0 Å². The number of benzene rings is 1. The van der Waals surface area contributed by atoms with E-state index in [0.29, 0.717) is 6.54 Å². The van der Waals surface area contributed by atoms with Gasteiger partial charge in [-0.1, -0.05) is 57.9 Å². The second-order valence-corrected chi connectivity index (χ2v) is 4.86. The van der Waals surface area contributed by atoms with Crippen LogP contribution in [0.15, 0.2) is 18.2 Å². The molecule has 0 amide bonds. The van der Waals surface area contributed by atoms with Crippen molar-refractivity contribution < 1.29 is 8.78 Å². The molecule has 1 aromatic carbocycles. The Kier molecular flexibility index (Phi) is 10.3. The van der Waals surface area contributed by atoms with E-state index in [4.69, 9.17) is 0 Å². The largest absolute Gasteiger partial charge is 0.293 e. The van der Waals surface area contributed by atoms with Crippen molar-refractivity contribution >= 4 is 0 Å². The summed E-state index contributed by atoms with van der Waals surface area (Å²) < 4.78 is 24.4. The molecule has 1 aliphatic heterocycles. The molecule has 1 aromatic rings. The van der Waals surface area contributed by atoms with Gasteiger partial charge in [-0.05, 0) is 24.5 Å². The molecule has 1 nitrogen and oxygen atoms in total. The summed E-state index contributed by atoms with van der Waals surface area (Å²) in [7, 11) is 0. The van der Waals surface area contributed by atoms with Gasteiger partial charge in [-0.2, -0.15) is 0 Å². The summed E-state index contributed by atoms with van der Waals surface area (Å²) in [5.74, 6) is 0. The standard InChI is InChI=1S/C12H15F2N.C3H8.C2H6/c1-9-2-3-11-7-15(8-12(13)14)5-4-10(11)6-9;1-3-2;1-2/h2-3,6,12H,4-5,7-8H2,1H3;3H2,1-2H3;1-2H3. The van der Waals surface area contributed by atoms with Crippen molar-refractivity contribution in [1.82, 2.24) is 4.90 Å². The number of alkyl halides is 2. The van der Waals surface area contributed by atoms with E-state index in [0.717, 1.165) is 13.0 Å². The minimum absolute atomic E-state index is 0.104. The van der Waals surface area contributed by atoms with Gasteiger partial charge in [-0.3, -0.25) is 4.90 Å². The SMILES string of the molecule is CC.CCC.Cc1ccc2c(c1)CCN(CC(F)F)C2. The van der Waals surface area contributed by atoms with Crippen LogP contribution in [0.2, 0.25) is 0 Å². The highest BCUT2D eigenvalue weighted by atomic mass is 19.3. The second-order valence-electron chi connectivity index (χ2n) is 4.86. The highest BCUT2D eigenvalue weighted by Gasteiger charge is 2.18. The van der Waals surface area contributed by atoms with Crippen molar-refractivity contribution in [3.63, 3.8) is 0 Å². The summed E-state index contributed by atoms with van der Waals surface area (Å²) in [5, 5.41) is 0. The summed E-state index contributed by atoms with van der Waals surface area (Å²) in [6, 6.07) is 6.27. The van der Waals surface area contributed by atoms with Crippen LogP contribution in [0, 0.1) is 6.92 Å². The van der Waals surface area contributed by atoms with E-state index in [2.05, 4.69) is 32.9 Å². The summed E-state index contributed by atoms with van der Waals surface area (Å²) in [6.45, 7) is 11.6. The minimum Gasteiger partial charge on any atom is -0.293 e. The van der Waals surface area contributed by atoms with E-state index in [1.807, 2.05) is 24.8 Å². The topological polar surface area (TPSA) is 3.24 Å². The number of aryl methyl sites for hydroxylation is 1. The fraction of sp³-hybridized carbons (Fsp3) is 0.647. The normalized spacial score (nSPS) is 13.8. The van der Waals surface area contributed by atoms with E-state index in [1.54, 1.807) is 0 Å². The highest BCUT2D eigenvalue weighted by Crippen LogP contribution is 2.20. The van der Waals surface area contributed by atoms with Crippen molar-refractivity contribution in [2.75, 3.05) is 13.1 Å². The molecule has 1 aliphatic rings. The molecule has 3 heteroatoms. The van der Waals surface area contributed by atoms with E-state index >= 15 is 0 Å². The van der Waals surface area contributed by atoms with Crippen molar-refractivity contribution in [3.8, 4) is 0 Å². The first-order valence-corrected chi connectivity index (χ1v) is 7.65. The van der Waals surface area contributed by atoms with Gasteiger partial charge in [-0.15, -0.1) is 0 Å². The van der Waals surface area contributed by atoms with Crippen molar-refractivity contribution in [2.45, 2.75) is 60.4 Å². The number of nitrogens with zero attached hydrogens (tertiary/aromatic N) is 1. The van der Waals surface area contributed by atoms with Gasteiger partial charge < -0.3 is 0 Å². The third-order valence-electron chi connectivity index (χ3n) is 2.85. The van der Waals surface area contributed by atoms with Crippen LogP contribution in [0.1, 0.15) is 50.8 Å². The summed E-state index contributed by atoms with van der Waals surface area (Å²) in [6.07, 6.45) is -0.0824. The van der Waals surface area contributed by atoms with Gasteiger partial charge in [0.05, 0.1) is 6.54 Å². The van der Waals surface area contributed by atoms with Crippen LogP contribution < -0.4 is 0 Å². The molecular weight excluding hydrogens is 256 g/mol. The third kappa shape index (κ3) is 6.99. The van der Waals surface area contributed by atoms with Gasteiger partial charge >= 0.3 is 0 Å². The molecule has 0 saturated carbocycles. The number of hydrogen-bond acceptors (Lipinski definition) is 1. The quantitative estimate of drug-likeness (QED) is 0.734. The van der Waals surface area contributed by atoms with Crippen LogP contribution in [-0.4, -0.2) is 24.4 Å². The Hall–Kier alpha value is -0.960. The van der Waals surface area contributed by atoms with Crippen LogP contribution >= 0.6 is 0 Å². The maximum absolute atomic E-state index is 12.2. The van der Waals surface area contributed by atoms with E-state index in [9.17, 15) is 8.78 Å². The Morgan fingerprint density at radius 3 is 2.30 bits per heavy atom. The number of fused-ring (bicyclic) bond motifs is 1. The Morgan fingerprint density at radius 1 is 1.15 bits per heavy atom. The molecule has 0 atom stereocenters. The van der Waals surface area contributed by atoms with Crippen molar-refractivity contribution in [3.05, 3.63) is 34.9 Å². The molecule has 0 aliphatic carbocycles. The number of rotatable bonds is 2. The van der Waals surface area contributed by atoms with Gasteiger partial charge in [0.2, 0.25) is 0 Å². The summed E-state index contributed by atoms with van der Waals surface area (Å²) in [5.41, 5.74) is 3.77. The molecule has 116 valence electrons. The van der Waals surface area contributed by atoms with Crippen LogP contribution in [0.25, 0.3) is 0 Å². The summed E-state index contributed by atoms with van der Waals surface area (Å²) >= 11 is 0. The summed E-state index contributed by atoms with van der Waals surface area (Å²) in [4.78, 5) is 1.82. The minimum atomic E-state index is -2.23. The first-order chi connectivity index (χ1) is 9.56. The maximum Gasteiger partial charge on any atom is 0.251 e. The molecule has 0 saturated heterocycles. The lowest BCUT2D eigenvalue weighted by Gasteiger charge is -2.28. The Labute approximate surface area is 123 Å². The van der Waals surface area contributed by atoms with Crippen LogP contribution in [0.5, 0.6) is 0 Å². The Morgan fingerprint density at radius 2 is 1.75 bits per heavy atom. The average molecular weight is 285 g/mol. The van der Waals surface area contributed by atoms with Gasteiger partial charge in [0.1, 0.15) is 0 Å². The van der Waals surface area contributed by atoms with Crippen LogP contribution in [-0.2, 0) is 13.0 Å². The first-order valence-electron chi connectivity index (χ1n) is 7.65. The zero-order valence-electron chi connectivity index (χ0n) is 13.5. The molecule has 1 heterocycles. The Balaban J connectivity index is 0.000000641. The molecule has 0 unspecified atom stereocenters. The molecule has 0 bridgehead atoms. The predicted molar refractivity (Wildman–Crippen MR) is 83.5 cm³/mol. The van der Waals surface area contributed by atoms with Crippen molar-refractivity contribution in [1.29, 1.82) is 0 Å². The molecule has 0 spiro atoms. The van der Waals surface area contributed by atoms with Gasteiger partial charge in [0.25, 0.3) is 6.43 Å². The highest BCUT2D eigenvalue weighted by molar-refractivity contribution is 5.33. The fourth-order valence-electron chi connectivity index (χ4n) is 2.09. The molecule has 2 rings (SSSR count). The maximum atomic E-state index is 12.2. The van der Waals surface area contributed by atoms with Crippen molar-refractivity contribution in [2.24, 2.45) is 0 Å². The predicted octanol–water partition coefficient (Wildman–Crippen LogP) is 5.06. The molecular formula is C17H29F2N. The third-order valence-corrected chi connectivity index (χ3v) is 2.85. The molecule has 0 aromatic heterocycles. The molecule has 0 fully saturated rings. The molecule has 20 heavy (non-hydrogen) atoms. The number of halogens is 2. The van der Waals surface area contributed by atoms with E-state index < -0.39 is 6.43 Å². The van der Waals surface area contributed by atoms with Gasteiger partial charge in [0, 0.05) is 13.1 Å². The molecule has 0 N–H and O–H groups in total. The molecule has 0 radical (unpaired) electrons. The second kappa shape index (κ2) is 10.8.